The molecule has 0 aliphatic rings. The van der Waals surface area contributed by atoms with Crippen LogP contribution in [-0.2, 0) is 5.41 Å². The molecule has 0 aliphatic heterocycles. The van der Waals surface area contributed by atoms with Gasteiger partial charge in [-0.3, -0.25) is 9.97 Å². The van der Waals surface area contributed by atoms with E-state index in [1.165, 1.54) is 49.0 Å². The molecule has 0 aliphatic carbocycles. The van der Waals surface area contributed by atoms with Crippen molar-refractivity contribution < 1.29 is 0 Å². The predicted molar refractivity (Wildman–Crippen MR) is 161 cm³/mol. The van der Waals surface area contributed by atoms with Crippen molar-refractivity contribution in [2.24, 2.45) is 0 Å². The Balaban J connectivity index is 1.53. The van der Waals surface area contributed by atoms with Crippen molar-refractivity contribution in [1.29, 1.82) is 0 Å². The van der Waals surface area contributed by atoms with E-state index in [0.29, 0.717) is 0 Å². The maximum atomic E-state index is 4.95. The van der Waals surface area contributed by atoms with E-state index in [0.717, 1.165) is 22.5 Å². The van der Waals surface area contributed by atoms with Gasteiger partial charge >= 0.3 is 0 Å². The van der Waals surface area contributed by atoms with Crippen molar-refractivity contribution in [3.8, 4) is 33.6 Å². The molecule has 0 atom stereocenters. The minimum absolute atomic E-state index is 0.0874. The average molecular weight is 489 g/mol. The van der Waals surface area contributed by atoms with Gasteiger partial charge in [0.2, 0.25) is 0 Å². The summed E-state index contributed by atoms with van der Waals surface area (Å²) in [4.78, 5) is 9.44. The van der Waals surface area contributed by atoms with Crippen LogP contribution in [-0.4, -0.2) is 9.97 Å². The number of hydrogen-bond acceptors (Lipinski definition) is 2. The van der Waals surface area contributed by atoms with Gasteiger partial charge in [0.25, 0.3) is 0 Å². The lowest BCUT2D eigenvalue weighted by atomic mass is 9.82. The molecule has 5 aromatic carbocycles. The van der Waals surface area contributed by atoms with Crippen LogP contribution < -0.4 is 0 Å². The van der Waals surface area contributed by atoms with Gasteiger partial charge in [-0.1, -0.05) is 93.6 Å². The van der Waals surface area contributed by atoms with E-state index < -0.39 is 0 Å². The highest BCUT2D eigenvalue weighted by Gasteiger charge is 2.20. The van der Waals surface area contributed by atoms with Crippen molar-refractivity contribution in [2.75, 3.05) is 0 Å². The molecule has 0 spiro atoms. The quantitative estimate of drug-likeness (QED) is 0.231. The summed E-state index contributed by atoms with van der Waals surface area (Å²) in [5, 5.41) is 7.74. The average Bonchev–Trinajstić information content (AvgIpc) is 2.96. The zero-order chi connectivity index (χ0) is 25.9. The van der Waals surface area contributed by atoms with E-state index in [1.807, 2.05) is 30.6 Å². The lowest BCUT2D eigenvalue weighted by molar-refractivity contribution is 0.591. The number of rotatable bonds is 3. The van der Waals surface area contributed by atoms with Crippen LogP contribution in [0.15, 0.2) is 116 Å². The van der Waals surface area contributed by atoms with Crippen molar-refractivity contribution in [1.82, 2.24) is 9.97 Å². The van der Waals surface area contributed by atoms with Crippen molar-refractivity contribution in [2.45, 2.75) is 26.2 Å². The minimum atomic E-state index is 0.0874. The zero-order valence-electron chi connectivity index (χ0n) is 21.9. The Kier molecular flexibility index (Phi) is 5.06. The lowest BCUT2D eigenvalue weighted by Crippen LogP contribution is -2.10. The van der Waals surface area contributed by atoms with Crippen LogP contribution in [0.1, 0.15) is 26.3 Å². The van der Waals surface area contributed by atoms with E-state index in [1.54, 1.807) is 0 Å². The van der Waals surface area contributed by atoms with Crippen molar-refractivity contribution >= 4 is 32.3 Å². The first-order chi connectivity index (χ1) is 18.5. The molecule has 0 amide bonds. The van der Waals surface area contributed by atoms with Gasteiger partial charge in [-0.2, -0.15) is 0 Å². The first-order valence-electron chi connectivity index (χ1n) is 13.2. The molecule has 0 unspecified atom stereocenters. The Labute approximate surface area is 223 Å². The van der Waals surface area contributed by atoms with Gasteiger partial charge in [0.15, 0.2) is 0 Å². The number of benzene rings is 5. The van der Waals surface area contributed by atoms with Gasteiger partial charge in [0.1, 0.15) is 0 Å². The van der Waals surface area contributed by atoms with Crippen molar-refractivity contribution in [3.63, 3.8) is 0 Å². The fourth-order valence-corrected chi connectivity index (χ4v) is 5.66. The second-order valence-electron chi connectivity index (χ2n) is 11.1. The predicted octanol–water partition coefficient (Wildman–Crippen LogP) is 9.67. The Bertz CT molecular complexity index is 1890. The van der Waals surface area contributed by atoms with Gasteiger partial charge in [-0.15, -0.1) is 0 Å². The molecule has 2 heteroatoms. The Morgan fingerprint density at radius 3 is 1.87 bits per heavy atom. The summed E-state index contributed by atoms with van der Waals surface area (Å²) in [7, 11) is 0. The second kappa shape index (κ2) is 8.49. The van der Waals surface area contributed by atoms with Crippen molar-refractivity contribution in [3.05, 3.63) is 121 Å². The van der Waals surface area contributed by atoms with E-state index in [2.05, 4.69) is 111 Å². The van der Waals surface area contributed by atoms with E-state index >= 15 is 0 Å². The van der Waals surface area contributed by atoms with Crippen LogP contribution in [0.3, 0.4) is 0 Å². The second-order valence-corrected chi connectivity index (χ2v) is 11.1. The normalized spacial score (nSPS) is 12.1. The SMILES string of the molecule is CC(C)(C)c1cc2ccc3c(-c4ccccc4)cc(-c4ccc(-c5ccccn5)cn4)c4ccc(c1)c2c34. The highest BCUT2D eigenvalue weighted by molar-refractivity contribution is 6.28. The smallest absolute Gasteiger partial charge is 0.0717 e. The standard InChI is InChI=1S/C36H28N2/c1-36(2,3)27-19-24-12-15-28-30(23-9-5-4-6-10-23)21-31(29-16-13-25(20-27)34(24)35(28)29)33-17-14-26(22-38-33)32-11-7-8-18-37-32/h4-22H,1-3H3. The summed E-state index contributed by atoms with van der Waals surface area (Å²) in [5.74, 6) is 0. The number of aromatic nitrogens is 2. The first-order valence-corrected chi connectivity index (χ1v) is 13.2. The van der Waals surface area contributed by atoms with Crippen LogP contribution in [0.4, 0.5) is 0 Å². The molecule has 2 heterocycles. The van der Waals surface area contributed by atoms with Crippen LogP contribution in [0, 0.1) is 0 Å². The van der Waals surface area contributed by atoms with Crippen LogP contribution >= 0.6 is 0 Å². The molecule has 0 bridgehead atoms. The molecule has 7 aromatic rings. The van der Waals surface area contributed by atoms with Gasteiger partial charge in [-0.05, 0) is 84.8 Å². The summed E-state index contributed by atoms with van der Waals surface area (Å²) in [6.45, 7) is 6.85. The molecule has 38 heavy (non-hydrogen) atoms. The molecule has 7 rings (SSSR count). The Hall–Kier alpha value is -4.56. The molecule has 2 aromatic heterocycles. The van der Waals surface area contributed by atoms with Gasteiger partial charge in [0.05, 0.1) is 11.4 Å². The number of pyridine rings is 2. The Morgan fingerprint density at radius 2 is 1.24 bits per heavy atom. The first kappa shape index (κ1) is 22.6. The summed E-state index contributed by atoms with van der Waals surface area (Å²) in [6, 6.07) is 37.2. The van der Waals surface area contributed by atoms with Crippen LogP contribution in [0.5, 0.6) is 0 Å². The third kappa shape index (κ3) is 3.64. The summed E-state index contributed by atoms with van der Waals surface area (Å²) in [5.41, 5.74) is 7.97. The highest BCUT2D eigenvalue weighted by atomic mass is 14.7. The summed E-state index contributed by atoms with van der Waals surface area (Å²) < 4.78 is 0. The minimum Gasteiger partial charge on any atom is -0.256 e. The number of hydrogen-bond donors (Lipinski definition) is 0. The number of nitrogens with zero attached hydrogens (tertiary/aromatic N) is 2. The molecule has 2 nitrogen and oxygen atoms in total. The van der Waals surface area contributed by atoms with E-state index in [4.69, 9.17) is 4.98 Å². The monoisotopic (exact) mass is 488 g/mol. The molecular weight excluding hydrogens is 460 g/mol. The largest absolute Gasteiger partial charge is 0.256 e. The summed E-state index contributed by atoms with van der Waals surface area (Å²) in [6.07, 6.45) is 3.76. The molecule has 0 N–H and O–H groups in total. The van der Waals surface area contributed by atoms with Gasteiger partial charge in [-0.25, -0.2) is 0 Å². The topological polar surface area (TPSA) is 25.8 Å². The molecule has 0 radical (unpaired) electrons. The van der Waals surface area contributed by atoms with Gasteiger partial charge in [0, 0.05) is 23.5 Å². The van der Waals surface area contributed by atoms with Gasteiger partial charge < -0.3 is 0 Å². The van der Waals surface area contributed by atoms with Crippen LogP contribution in [0.25, 0.3) is 66.0 Å². The van der Waals surface area contributed by atoms with E-state index in [9.17, 15) is 0 Å². The lowest BCUT2D eigenvalue weighted by Gasteiger charge is -2.22. The molecule has 0 saturated carbocycles. The third-order valence-corrected chi connectivity index (χ3v) is 7.67. The van der Waals surface area contributed by atoms with Crippen LogP contribution in [0.2, 0.25) is 0 Å². The van der Waals surface area contributed by atoms with E-state index in [-0.39, 0.29) is 5.41 Å². The maximum Gasteiger partial charge on any atom is 0.0717 e. The Morgan fingerprint density at radius 1 is 0.526 bits per heavy atom. The summed E-state index contributed by atoms with van der Waals surface area (Å²) >= 11 is 0. The molecule has 0 saturated heterocycles. The molecule has 0 fully saturated rings. The highest BCUT2D eigenvalue weighted by Crippen LogP contribution is 2.44. The fraction of sp³-hybridized carbons (Fsp3) is 0.111. The maximum absolute atomic E-state index is 4.95. The molecular formula is C36H28N2. The zero-order valence-corrected chi connectivity index (χ0v) is 21.9. The third-order valence-electron chi connectivity index (χ3n) is 7.67. The molecule has 182 valence electrons. The fourth-order valence-electron chi connectivity index (χ4n) is 5.66.